The molecule has 2 aliphatic rings. The number of aromatic nitrogens is 4. The second kappa shape index (κ2) is 10.2. The first kappa shape index (κ1) is 25.8. The molecule has 5 rings (SSSR count). The summed E-state index contributed by atoms with van der Waals surface area (Å²) in [7, 11) is 1.79. The number of amides is 2. The zero-order valence-corrected chi connectivity index (χ0v) is 22.7. The summed E-state index contributed by atoms with van der Waals surface area (Å²) in [6, 6.07) is 10.0. The van der Waals surface area contributed by atoms with Gasteiger partial charge in [-0.3, -0.25) is 14.3 Å². The Balaban J connectivity index is 1.19. The minimum atomic E-state index is -0.184. The minimum absolute atomic E-state index is 0.0412. The summed E-state index contributed by atoms with van der Waals surface area (Å²) in [5.74, 6) is 1.48. The van der Waals surface area contributed by atoms with Crippen molar-refractivity contribution in [2.75, 3.05) is 25.5 Å². The Hall–Kier alpha value is -3.79. The van der Waals surface area contributed by atoms with Gasteiger partial charge in [0.15, 0.2) is 5.82 Å². The van der Waals surface area contributed by atoms with E-state index >= 15 is 0 Å². The fourth-order valence-electron chi connectivity index (χ4n) is 4.83. The number of carbonyl (C=O) groups excluding carboxylic acids is 2. The Morgan fingerprint density at radius 2 is 1.89 bits per heavy atom. The number of hydrogen-bond donors (Lipinski definition) is 1. The van der Waals surface area contributed by atoms with E-state index in [9.17, 15) is 9.59 Å². The van der Waals surface area contributed by atoms with Crippen LogP contribution in [-0.4, -0.2) is 73.2 Å². The zero-order chi connectivity index (χ0) is 27.0. The van der Waals surface area contributed by atoms with Gasteiger partial charge in [0.2, 0.25) is 11.8 Å². The lowest BCUT2D eigenvalue weighted by Crippen LogP contribution is -2.56. The highest BCUT2D eigenvalue weighted by molar-refractivity contribution is 5.78. The number of anilines is 2. The maximum atomic E-state index is 12.6. The van der Waals surface area contributed by atoms with Crippen LogP contribution in [0.3, 0.4) is 0 Å². The van der Waals surface area contributed by atoms with Gasteiger partial charge < -0.3 is 19.9 Å². The third kappa shape index (κ3) is 5.85. The summed E-state index contributed by atoms with van der Waals surface area (Å²) < 4.78 is 7.65. The molecule has 2 amide bonds. The van der Waals surface area contributed by atoms with Gasteiger partial charge in [-0.2, -0.15) is 5.10 Å². The Morgan fingerprint density at radius 1 is 1.11 bits per heavy atom. The van der Waals surface area contributed by atoms with Gasteiger partial charge in [0.1, 0.15) is 18.7 Å². The fraction of sp³-hybridized carbons (Fsp3) is 0.464. The number of aryl methyl sites for hydroxylation is 2. The second-order valence-corrected chi connectivity index (χ2v) is 11.1. The molecule has 0 unspecified atom stereocenters. The quantitative estimate of drug-likeness (QED) is 0.513. The molecule has 2 aromatic heterocycles. The number of nitrogens with zero attached hydrogens (tertiary/aromatic N) is 6. The van der Waals surface area contributed by atoms with E-state index in [2.05, 4.69) is 39.4 Å². The number of hydrogen-bond acceptors (Lipinski definition) is 7. The van der Waals surface area contributed by atoms with Crippen LogP contribution < -0.4 is 5.32 Å². The maximum Gasteiger partial charge on any atom is 0.244 e. The molecule has 1 N–H and O–H groups in total. The number of carbonyl (C=O) groups is 2. The van der Waals surface area contributed by atoms with Crippen molar-refractivity contribution in [3.8, 4) is 11.3 Å². The molecule has 1 fully saturated rings. The number of rotatable bonds is 7. The first-order chi connectivity index (χ1) is 18.0. The molecule has 2 aliphatic heterocycles. The standard InChI is InChI=1S/C28H35N7O3/c1-18-10-20(7-6-19(18)8-9-26(36)34-14-22(15-34)38-28(2,3)4)23-12-24(30-17-29-23)31-25-11-21-13-33(5)27(37)16-35(21)32-25/h6-7,10-12,17,22H,8-9,13-16H2,1-5H3,(H,29,30,31,32). The van der Waals surface area contributed by atoms with E-state index in [1.54, 1.807) is 16.6 Å². The Morgan fingerprint density at radius 3 is 2.63 bits per heavy atom. The lowest BCUT2D eigenvalue weighted by Gasteiger charge is -2.42. The van der Waals surface area contributed by atoms with E-state index in [-0.39, 0.29) is 30.1 Å². The molecule has 0 saturated carbocycles. The van der Waals surface area contributed by atoms with Gasteiger partial charge in [0, 0.05) is 44.3 Å². The van der Waals surface area contributed by atoms with Gasteiger partial charge in [-0.1, -0.05) is 12.1 Å². The number of nitrogens with one attached hydrogen (secondary N) is 1. The van der Waals surface area contributed by atoms with Crippen molar-refractivity contribution in [3.63, 3.8) is 0 Å². The molecule has 1 saturated heterocycles. The number of likely N-dealkylation sites (N-methyl/N-ethyl adjacent to an activating group) is 1. The van der Waals surface area contributed by atoms with Crippen LogP contribution in [0, 0.1) is 6.92 Å². The lowest BCUT2D eigenvalue weighted by molar-refractivity contribution is -0.157. The molecule has 0 aliphatic carbocycles. The Labute approximate surface area is 223 Å². The molecule has 0 atom stereocenters. The van der Waals surface area contributed by atoms with Crippen molar-refractivity contribution in [2.24, 2.45) is 0 Å². The highest BCUT2D eigenvalue weighted by Gasteiger charge is 2.33. The predicted octanol–water partition coefficient (Wildman–Crippen LogP) is 3.32. The molecular formula is C28H35N7O3. The van der Waals surface area contributed by atoms with Crippen LogP contribution in [0.25, 0.3) is 11.3 Å². The number of likely N-dealkylation sites (tertiary alicyclic amines) is 1. The molecule has 0 radical (unpaired) electrons. The molecule has 38 heavy (non-hydrogen) atoms. The van der Waals surface area contributed by atoms with E-state index < -0.39 is 0 Å². The van der Waals surface area contributed by atoms with Crippen molar-refractivity contribution in [3.05, 3.63) is 53.5 Å². The smallest absolute Gasteiger partial charge is 0.244 e. The van der Waals surface area contributed by atoms with Crippen LogP contribution in [0.4, 0.5) is 11.6 Å². The molecule has 200 valence electrons. The monoisotopic (exact) mass is 517 g/mol. The van der Waals surface area contributed by atoms with Crippen molar-refractivity contribution < 1.29 is 14.3 Å². The summed E-state index contributed by atoms with van der Waals surface area (Å²) in [6.07, 6.45) is 2.85. The molecule has 4 heterocycles. The highest BCUT2D eigenvalue weighted by Crippen LogP contribution is 2.26. The van der Waals surface area contributed by atoms with Crippen LogP contribution in [0.15, 0.2) is 36.7 Å². The van der Waals surface area contributed by atoms with Crippen molar-refractivity contribution in [1.29, 1.82) is 0 Å². The molecule has 10 heteroatoms. The van der Waals surface area contributed by atoms with E-state index in [4.69, 9.17) is 4.74 Å². The third-order valence-electron chi connectivity index (χ3n) is 6.86. The van der Waals surface area contributed by atoms with Gasteiger partial charge in [0.05, 0.1) is 29.6 Å². The summed E-state index contributed by atoms with van der Waals surface area (Å²) in [5, 5.41) is 7.73. The SMILES string of the molecule is Cc1cc(-c2cc(Nc3cc4n(n3)CC(=O)N(C)C4)ncn2)ccc1CCC(=O)N1CC(OC(C)(C)C)C1. The molecule has 3 aromatic rings. The summed E-state index contributed by atoms with van der Waals surface area (Å²) in [6.45, 7) is 10.3. The molecule has 0 spiro atoms. The fourth-order valence-corrected chi connectivity index (χ4v) is 4.83. The van der Waals surface area contributed by atoms with E-state index in [1.165, 1.54) is 6.33 Å². The maximum absolute atomic E-state index is 12.6. The predicted molar refractivity (Wildman–Crippen MR) is 144 cm³/mol. The van der Waals surface area contributed by atoms with Crippen LogP contribution in [0.1, 0.15) is 44.0 Å². The van der Waals surface area contributed by atoms with Gasteiger partial charge in [-0.05, 0) is 51.3 Å². The third-order valence-corrected chi connectivity index (χ3v) is 6.86. The summed E-state index contributed by atoms with van der Waals surface area (Å²) in [4.78, 5) is 36.9. The van der Waals surface area contributed by atoms with Crippen LogP contribution >= 0.6 is 0 Å². The topological polar surface area (TPSA) is 105 Å². The number of ether oxygens (including phenoxy) is 1. The summed E-state index contributed by atoms with van der Waals surface area (Å²) >= 11 is 0. The first-order valence-corrected chi connectivity index (χ1v) is 13.0. The molecule has 1 aromatic carbocycles. The van der Waals surface area contributed by atoms with Crippen LogP contribution in [0.2, 0.25) is 0 Å². The largest absolute Gasteiger partial charge is 0.369 e. The van der Waals surface area contributed by atoms with Gasteiger partial charge >= 0.3 is 0 Å². The van der Waals surface area contributed by atoms with Gasteiger partial charge in [-0.15, -0.1) is 0 Å². The second-order valence-electron chi connectivity index (χ2n) is 11.1. The average molecular weight is 518 g/mol. The van der Waals surface area contributed by atoms with Crippen molar-refractivity contribution in [1.82, 2.24) is 29.5 Å². The van der Waals surface area contributed by atoms with Gasteiger partial charge in [-0.25, -0.2) is 9.97 Å². The summed E-state index contributed by atoms with van der Waals surface area (Å²) in [5.41, 5.74) is 4.83. The minimum Gasteiger partial charge on any atom is -0.369 e. The Kier molecular flexibility index (Phi) is 6.92. The van der Waals surface area contributed by atoms with Gasteiger partial charge in [0.25, 0.3) is 0 Å². The molecule has 0 bridgehead atoms. The van der Waals surface area contributed by atoms with E-state index in [1.807, 2.05) is 43.9 Å². The molecular weight excluding hydrogens is 482 g/mol. The van der Waals surface area contributed by atoms with Crippen LogP contribution in [-0.2, 0) is 33.8 Å². The average Bonchev–Trinajstić information content (AvgIpc) is 3.20. The normalized spacial score (nSPS) is 15.9. The van der Waals surface area contributed by atoms with Crippen LogP contribution in [0.5, 0.6) is 0 Å². The van der Waals surface area contributed by atoms with E-state index in [0.717, 1.165) is 28.1 Å². The number of fused-ring (bicyclic) bond motifs is 1. The zero-order valence-electron chi connectivity index (χ0n) is 22.7. The Bertz CT molecular complexity index is 1350. The highest BCUT2D eigenvalue weighted by atomic mass is 16.5. The molecule has 10 nitrogen and oxygen atoms in total. The van der Waals surface area contributed by atoms with E-state index in [0.29, 0.717) is 44.1 Å². The first-order valence-electron chi connectivity index (χ1n) is 13.0. The van der Waals surface area contributed by atoms with Crippen molar-refractivity contribution in [2.45, 2.75) is 65.3 Å². The number of benzene rings is 1. The van der Waals surface area contributed by atoms with Crippen molar-refractivity contribution >= 4 is 23.5 Å². The lowest BCUT2D eigenvalue weighted by atomic mass is 9.99.